The van der Waals surface area contributed by atoms with Gasteiger partial charge in [0.15, 0.2) is 0 Å². The minimum absolute atomic E-state index is 0.211. The minimum Gasteiger partial charge on any atom is -0.496 e. The highest BCUT2D eigenvalue weighted by atomic mass is 16.5. The smallest absolute Gasteiger partial charge is 0.316 e. The van der Waals surface area contributed by atoms with Gasteiger partial charge in [-0.3, -0.25) is 4.79 Å². The predicted molar refractivity (Wildman–Crippen MR) is 98.1 cm³/mol. The number of para-hydroxylation sites is 1. The second-order valence-corrected chi connectivity index (χ2v) is 5.44. The van der Waals surface area contributed by atoms with E-state index in [-0.39, 0.29) is 5.91 Å². The van der Waals surface area contributed by atoms with E-state index in [9.17, 15) is 9.59 Å². The molecule has 0 aliphatic heterocycles. The Bertz CT molecular complexity index is 800. The van der Waals surface area contributed by atoms with Crippen molar-refractivity contribution in [3.63, 3.8) is 0 Å². The first kappa shape index (κ1) is 18.1. The van der Waals surface area contributed by atoms with Crippen LogP contribution in [0.3, 0.4) is 0 Å². The molecule has 0 radical (unpaired) electrons. The molecular weight excluding hydrogens is 318 g/mol. The Balaban J connectivity index is 2.01. The number of primary amides is 1. The van der Waals surface area contributed by atoms with Crippen LogP contribution in [0.15, 0.2) is 54.6 Å². The van der Waals surface area contributed by atoms with Gasteiger partial charge in [-0.15, -0.1) is 0 Å². The molecule has 0 atom stereocenters. The van der Waals surface area contributed by atoms with Gasteiger partial charge in [0.2, 0.25) is 5.91 Å². The number of allylic oxidation sites excluding steroid dienone is 1. The highest BCUT2D eigenvalue weighted by Gasteiger charge is 2.06. The third-order valence-corrected chi connectivity index (χ3v) is 3.54. The van der Waals surface area contributed by atoms with Gasteiger partial charge in [0.25, 0.3) is 0 Å². The Morgan fingerprint density at radius 1 is 1.16 bits per heavy atom. The van der Waals surface area contributed by atoms with Crippen LogP contribution < -0.4 is 21.1 Å². The summed E-state index contributed by atoms with van der Waals surface area (Å²) in [5, 5.41) is 5.32. The van der Waals surface area contributed by atoms with Crippen molar-refractivity contribution in [1.29, 1.82) is 0 Å². The average Bonchev–Trinajstić information content (AvgIpc) is 2.59. The monoisotopic (exact) mass is 339 g/mol. The van der Waals surface area contributed by atoms with Gasteiger partial charge in [-0.05, 0) is 36.3 Å². The van der Waals surface area contributed by atoms with E-state index in [0.717, 1.165) is 16.7 Å². The van der Waals surface area contributed by atoms with Gasteiger partial charge in [0.05, 0.1) is 7.11 Å². The molecule has 3 amide bonds. The van der Waals surface area contributed by atoms with E-state index >= 15 is 0 Å². The number of carbonyl (C=O) groups excluding carboxylic acids is 2. The number of carbonyl (C=O) groups is 2. The van der Waals surface area contributed by atoms with E-state index in [0.29, 0.717) is 18.0 Å². The molecule has 0 unspecified atom stereocenters. The molecule has 0 bridgehead atoms. The largest absolute Gasteiger partial charge is 0.496 e. The first-order chi connectivity index (χ1) is 12.0. The van der Waals surface area contributed by atoms with E-state index in [1.54, 1.807) is 25.3 Å². The number of hydrogen-bond acceptors (Lipinski definition) is 3. The Morgan fingerprint density at radius 3 is 2.64 bits per heavy atom. The normalized spacial score (nSPS) is 10.9. The van der Waals surface area contributed by atoms with Crippen LogP contribution in [-0.2, 0) is 11.3 Å². The van der Waals surface area contributed by atoms with Gasteiger partial charge < -0.3 is 21.1 Å². The summed E-state index contributed by atoms with van der Waals surface area (Å²) in [6, 6.07) is 14.0. The maximum Gasteiger partial charge on any atom is 0.316 e. The molecule has 0 aliphatic rings. The van der Waals surface area contributed by atoms with Gasteiger partial charge in [-0.25, -0.2) is 4.79 Å². The summed E-state index contributed by atoms with van der Waals surface area (Å²) in [7, 11) is 1.60. The summed E-state index contributed by atoms with van der Waals surface area (Å²) in [6.07, 6.45) is 1.53. The maximum atomic E-state index is 12.1. The Kier molecular flexibility index (Phi) is 6.17. The summed E-state index contributed by atoms with van der Waals surface area (Å²) in [5.74, 6) is 0.506. The highest BCUT2D eigenvalue weighted by Crippen LogP contribution is 2.24. The van der Waals surface area contributed by atoms with Crippen LogP contribution >= 0.6 is 0 Å². The van der Waals surface area contributed by atoms with Crippen LogP contribution in [-0.4, -0.2) is 19.0 Å². The zero-order valence-corrected chi connectivity index (χ0v) is 14.2. The fraction of sp³-hybridized carbons (Fsp3) is 0.158. The molecule has 0 spiro atoms. The quantitative estimate of drug-likeness (QED) is 0.706. The summed E-state index contributed by atoms with van der Waals surface area (Å²) in [6.45, 7) is 2.19. The number of anilines is 1. The first-order valence-corrected chi connectivity index (χ1v) is 7.74. The molecule has 0 saturated heterocycles. The van der Waals surface area contributed by atoms with Crippen molar-refractivity contribution in [2.24, 2.45) is 5.73 Å². The zero-order valence-electron chi connectivity index (χ0n) is 14.2. The molecule has 2 rings (SSSR count). The average molecular weight is 339 g/mol. The summed E-state index contributed by atoms with van der Waals surface area (Å²) in [4.78, 5) is 23.0. The number of ether oxygens (including phenoxy) is 1. The number of benzene rings is 2. The Labute approximate surface area is 146 Å². The van der Waals surface area contributed by atoms with Crippen molar-refractivity contribution in [3.8, 4) is 5.75 Å². The predicted octanol–water partition coefficient (Wildman–Crippen LogP) is 2.91. The van der Waals surface area contributed by atoms with Crippen LogP contribution in [0.25, 0.3) is 5.57 Å². The van der Waals surface area contributed by atoms with E-state index in [4.69, 9.17) is 10.5 Å². The third-order valence-electron chi connectivity index (χ3n) is 3.54. The number of methoxy groups -OCH3 is 1. The van der Waals surface area contributed by atoms with Crippen LogP contribution in [0.2, 0.25) is 0 Å². The summed E-state index contributed by atoms with van der Waals surface area (Å²) < 4.78 is 5.30. The molecule has 0 saturated carbocycles. The van der Waals surface area contributed by atoms with Crippen molar-refractivity contribution in [3.05, 3.63) is 65.7 Å². The van der Waals surface area contributed by atoms with Crippen molar-refractivity contribution in [2.75, 3.05) is 12.4 Å². The lowest BCUT2D eigenvalue weighted by Gasteiger charge is -2.09. The molecule has 0 aliphatic carbocycles. The van der Waals surface area contributed by atoms with Gasteiger partial charge in [-0.2, -0.15) is 0 Å². The number of nitrogens with one attached hydrogen (secondary N) is 2. The second kappa shape index (κ2) is 8.54. The lowest BCUT2D eigenvalue weighted by atomic mass is 10.1. The standard InChI is InChI=1S/C19H21N3O3/c1-13(16-8-3-4-9-17(16)25-2)10-18(23)21-12-14-6-5-7-15(11-14)22-19(20)24/h3-11H,12H2,1-2H3,(H,21,23)(H3,20,22,24)/b13-10+. The second-order valence-electron chi connectivity index (χ2n) is 5.44. The topological polar surface area (TPSA) is 93.4 Å². The molecule has 0 fully saturated rings. The van der Waals surface area contributed by atoms with Crippen molar-refractivity contribution in [2.45, 2.75) is 13.5 Å². The van der Waals surface area contributed by atoms with Crippen molar-refractivity contribution in [1.82, 2.24) is 5.32 Å². The van der Waals surface area contributed by atoms with Crippen LogP contribution in [0.1, 0.15) is 18.1 Å². The molecule has 25 heavy (non-hydrogen) atoms. The number of nitrogens with two attached hydrogens (primary N) is 1. The third kappa shape index (κ3) is 5.39. The fourth-order valence-corrected chi connectivity index (χ4v) is 2.39. The molecule has 130 valence electrons. The van der Waals surface area contributed by atoms with Crippen LogP contribution in [0.5, 0.6) is 5.75 Å². The lowest BCUT2D eigenvalue weighted by Crippen LogP contribution is -2.21. The van der Waals surface area contributed by atoms with E-state index in [1.165, 1.54) is 6.08 Å². The molecule has 6 nitrogen and oxygen atoms in total. The van der Waals surface area contributed by atoms with Crippen LogP contribution in [0, 0.1) is 0 Å². The highest BCUT2D eigenvalue weighted by molar-refractivity contribution is 5.95. The van der Waals surface area contributed by atoms with Crippen molar-refractivity contribution < 1.29 is 14.3 Å². The number of urea groups is 1. The number of amides is 3. The van der Waals surface area contributed by atoms with E-state index in [2.05, 4.69) is 10.6 Å². The van der Waals surface area contributed by atoms with Gasteiger partial charge in [-0.1, -0.05) is 30.3 Å². The molecule has 0 aromatic heterocycles. The van der Waals surface area contributed by atoms with Crippen molar-refractivity contribution >= 4 is 23.2 Å². The SMILES string of the molecule is COc1ccccc1/C(C)=C/C(=O)NCc1cccc(NC(N)=O)c1. The maximum absolute atomic E-state index is 12.1. The molecule has 2 aromatic rings. The van der Waals surface area contributed by atoms with Gasteiger partial charge in [0, 0.05) is 23.9 Å². The first-order valence-electron chi connectivity index (χ1n) is 7.74. The van der Waals surface area contributed by atoms with E-state index < -0.39 is 6.03 Å². The Morgan fingerprint density at radius 2 is 1.92 bits per heavy atom. The fourth-order valence-electron chi connectivity index (χ4n) is 2.39. The van der Waals surface area contributed by atoms with Gasteiger partial charge in [0.1, 0.15) is 5.75 Å². The number of hydrogen-bond donors (Lipinski definition) is 3. The molecule has 0 heterocycles. The summed E-state index contributed by atoms with van der Waals surface area (Å²) >= 11 is 0. The zero-order chi connectivity index (χ0) is 18.2. The Hall–Kier alpha value is -3.28. The number of rotatable bonds is 6. The van der Waals surface area contributed by atoms with E-state index in [1.807, 2.05) is 37.3 Å². The minimum atomic E-state index is -0.628. The lowest BCUT2D eigenvalue weighted by molar-refractivity contribution is -0.116. The molecule has 4 N–H and O–H groups in total. The van der Waals surface area contributed by atoms with Gasteiger partial charge >= 0.3 is 6.03 Å². The molecular formula is C19H21N3O3. The van der Waals surface area contributed by atoms with Crippen LogP contribution in [0.4, 0.5) is 10.5 Å². The molecule has 6 heteroatoms. The summed E-state index contributed by atoms with van der Waals surface area (Å²) in [5.41, 5.74) is 8.20. The molecule has 2 aromatic carbocycles.